The van der Waals surface area contributed by atoms with Crippen LogP contribution in [-0.2, 0) is 9.53 Å². The number of benzene rings is 4. The summed E-state index contributed by atoms with van der Waals surface area (Å²) in [7, 11) is 3.22. The number of aryl methyl sites for hydroxylation is 1. The van der Waals surface area contributed by atoms with E-state index in [1.54, 1.807) is 25.7 Å². The lowest BCUT2D eigenvalue weighted by Gasteiger charge is -2.28. The summed E-state index contributed by atoms with van der Waals surface area (Å²) < 4.78 is 19.0. The molecule has 2 heterocycles. The van der Waals surface area contributed by atoms with E-state index in [-0.39, 0.29) is 17.7 Å². The number of rotatable bonds is 7. The highest BCUT2D eigenvalue weighted by atomic mass is 32.1. The summed E-state index contributed by atoms with van der Waals surface area (Å²) in [6.45, 7) is 3.90. The fraction of sp³-hybridized carbons (Fsp3) is 0.171. The Balaban J connectivity index is 1.72. The molecule has 0 fully saturated rings. The number of nitrogens with zero attached hydrogens (tertiary/aromatic N) is 2. The lowest BCUT2D eigenvalue weighted by Crippen LogP contribution is -2.40. The summed E-state index contributed by atoms with van der Waals surface area (Å²) in [5.74, 6) is 0.790. The first-order chi connectivity index (χ1) is 20.9. The van der Waals surface area contributed by atoms with Crippen LogP contribution in [0.25, 0.3) is 22.5 Å². The van der Waals surface area contributed by atoms with Crippen LogP contribution < -0.4 is 24.4 Å². The number of esters is 1. The predicted octanol–water partition coefficient (Wildman–Crippen LogP) is 5.41. The van der Waals surface area contributed by atoms with E-state index in [2.05, 4.69) is 0 Å². The van der Waals surface area contributed by atoms with Crippen LogP contribution in [0, 0.1) is 6.92 Å². The molecule has 0 amide bonds. The van der Waals surface area contributed by atoms with E-state index in [1.165, 1.54) is 11.3 Å². The smallest absolute Gasteiger partial charge is 0.338 e. The lowest BCUT2D eigenvalue weighted by molar-refractivity contribution is -0.138. The monoisotopic (exact) mass is 590 g/mol. The van der Waals surface area contributed by atoms with E-state index in [0.29, 0.717) is 26.3 Å². The minimum atomic E-state index is -0.855. The third-order valence-electron chi connectivity index (χ3n) is 7.51. The van der Waals surface area contributed by atoms with Crippen LogP contribution >= 0.6 is 11.3 Å². The number of carbonyl (C=O) groups excluding carboxylic acids is 1. The van der Waals surface area contributed by atoms with Gasteiger partial charge in [0.05, 0.1) is 36.6 Å². The van der Waals surface area contributed by atoms with Gasteiger partial charge in [0.1, 0.15) is 17.5 Å². The van der Waals surface area contributed by atoms with Crippen molar-refractivity contribution in [3.63, 3.8) is 0 Å². The lowest BCUT2D eigenvalue weighted by atomic mass is 9.89. The molecule has 1 unspecified atom stereocenters. The van der Waals surface area contributed by atoms with Gasteiger partial charge in [0.2, 0.25) is 0 Å². The molecule has 0 saturated heterocycles. The molecule has 0 bridgehead atoms. The summed E-state index contributed by atoms with van der Waals surface area (Å²) in [6.07, 6.45) is 1.85. The average Bonchev–Trinajstić information content (AvgIpc) is 3.34. The van der Waals surface area contributed by atoms with Crippen molar-refractivity contribution in [3.8, 4) is 11.5 Å². The maximum Gasteiger partial charge on any atom is 0.338 e. The third kappa shape index (κ3) is 5.04. The molecule has 43 heavy (non-hydrogen) atoms. The van der Waals surface area contributed by atoms with Crippen LogP contribution in [0.2, 0.25) is 0 Å². The van der Waals surface area contributed by atoms with E-state index < -0.39 is 12.0 Å². The molecule has 1 aromatic heterocycles. The standard InChI is InChI=1S/C35H30N2O5S/c1-5-42-34(39)30-31(24-12-7-6-8-13-24)36-35-37(32(30)29-25-14-10-9-11-23(25)16-18-27(29)41-4)33(38)28(43-35)20-22-15-17-26(40-3)21(2)19-22/h6-20,32H,5H2,1-4H3/b28-20-. The Morgan fingerprint density at radius 1 is 0.953 bits per heavy atom. The molecule has 6 rings (SSSR count). The second kappa shape index (κ2) is 11.7. The fourth-order valence-corrected chi connectivity index (χ4v) is 6.59. The Labute approximate surface area is 252 Å². The van der Waals surface area contributed by atoms with Crippen LogP contribution in [0.4, 0.5) is 0 Å². The van der Waals surface area contributed by atoms with E-state index in [0.717, 1.165) is 33.2 Å². The largest absolute Gasteiger partial charge is 0.496 e. The number of carbonyl (C=O) groups is 1. The second-order valence-corrected chi connectivity index (χ2v) is 11.1. The molecule has 4 aromatic carbocycles. The van der Waals surface area contributed by atoms with E-state index in [9.17, 15) is 9.59 Å². The Hall–Kier alpha value is -4.95. The van der Waals surface area contributed by atoms with Gasteiger partial charge in [-0.2, -0.15) is 0 Å². The molecule has 5 aromatic rings. The van der Waals surface area contributed by atoms with Gasteiger partial charge < -0.3 is 14.2 Å². The molecule has 8 heteroatoms. The summed E-state index contributed by atoms with van der Waals surface area (Å²) in [5, 5.41) is 1.82. The van der Waals surface area contributed by atoms with Crippen molar-refractivity contribution >= 4 is 39.9 Å². The first kappa shape index (κ1) is 28.2. The minimum Gasteiger partial charge on any atom is -0.496 e. The van der Waals surface area contributed by atoms with Gasteiger partial charge in [-0.3, -0.25) is 9.36 Å². The Kier molecular flexibility index (Phi) is 7.69. The number of methoxy groups -OCH3 is 2. The zero-order chi connectivity index (χ0) is 30.1. The van der Waals surface area contributed by atoms with E-state index >= 15 is 0 Å². The van der Waals surface area contributed by atoms with Crippen LogP contribution in [0.1, 0.15) is 35.2 Å². The number of aromatic nitrogens is 1. The summed E-state index contributed by atoms with van der Waals surface area (Å²) >= 11 is 1.29. The van der Waals surface area contributed by atoms with Crippen molar-refractivity contribution in [2.75, 3.05) is 20.8 Å². The van der Waals surface area contributed by atoms with Crippen LogP contribution in [0.15, 0.2) is 100 Å². The molecular weight excluding hydrogens is 560 g/mol. The van der Waals surface area contributed by atoms with E-state index in [4.69, 9.17) is 19.2 Å². The zero-order valence-corrected chi connectivity index (χ0v) is 25.1. The normalized spacial score (nSPS) is 14.8. The number of ether oxygens (including phenoxy) is 3. The SMILES string of the molecule is CCOC(=O)C1=C(c2ccccc2)N=c2s/c(=C\c3ccc(OC)c(C)c3)c(=O)n2C1c1c(OC)ccc2ccccc12. The number of hydrogen-bond acceptors (Lipinski definition) is 7. The Bertz CT molecular complexity index is 2080. The van der Waals surface area contributed by atoms with Gasteiger partial charge in [0, 0.05) is 11.1 Å². The van der Waals surface area contributed by atoms with Crippen molar-refractivity contribution in [2.45, 2.75) is 19.9 Å². The Morgan fingerprint density at radius 2 is 1.67 bits per heavy atom. The predicted molar refractivity (Wildman–Crippen MR) is 169 cm³/mol. The summed E-state index contributed by atoms with van der Waals surface area (Å²) in [4.78, 5) is 33.7. The Morgan fingerprint density at radius 3 is 2.40 bits per heavy atom. The summed E-state index contributed by atoms with van der Waals surface area (Å²) in [5.41, 5.74) is 3.74. The van der Waals surface area contributed by atoms with Crippen molar-refractivity contribution in [1.29, 1.82) is 0 Å². The van der Waals surface area contributed by atoms with Crippen molar-refractivity contribution in [3.05, 3.63) is 132 Å². The molecule has 0 aliphatic carbocycles. The van der Waals surface area contributed by atoms with Gasteiger partial charge in [0.15, 0.2) is 4.80 Å². The van der Waals surface area contributed by atoms with Crippen molar-refractivity contribution in [2.24, 2.45) is 4.99 Å². The zero-order valence-electron chi connectivity index (χ0n) is 24.3. The van der Waals surface area contributed by atoms with Gasteiger partial charge in [-0.05, 0) is 60.0 Å². The number of fused-ring (bicyclic) bond motifs is 2. The molecule has 216 valence electrons. The van der Waals surface area contributed by atoms with Crippen molar-refractivity contribution in [1.82, 2.24) is 4.57 Å². The van der Waals surface area contributed by atoms with Crippen LogP contribution in [-0.4, -0.2) is 31.4 Å². The van der Waals surface area contributed by atoms with Crippen LogP contribution in [0.3, 0.4) is 0 Å². The number of hydrogen-bond donors (Lipinski definition) is 0. The molecule has 1 aliphatic heterocycles. The molecule has 7 nitrogen and oxygen atoms in total. The van der Waals surface area contributed by atoms with Gasteiger partial charge >= 0.3 is 5.97 Å². The molecule has 0 spiro atoms. The fourth-order valence-electron chi connectivity index (χ4n) is 5.59. The maximum atomic E-state index is 14.4. The minimum absolute atomic E-state index is 0.172. The molecule has 0 radical (unpaired) electrons. The molecule has 1 atom stereocenters. The first-order valence-corrected chi connectivity index (χ1v) is 14.8. The average molecular weight is 591 g/mol. The highest BCUT2D eigenvalue weighted by Crippen LogP contribution is 2.42. The number of thiazole rings is 1. The third-order valence-corrected chi connectivity index (χ3v) is 8.50. The molecular formula is C35H30N2O5S. The first-order valence-electron chi connectivity index (χ1n) is 13.9. The maximum absolute atomic E-state index is 14.4. The van der Waals surface area contributed by atoms with Gasteiger partial charge in [-0.1, -0.05) is 78.1 Å². The summed E-state index contributed by atoms with van der Waals surface area (Å²) in [6, 6.07) is 26.2. The molecule has 0 N–H and O–H groups in total. The van der Waals surface area contributed by atoms with Crippen LogP contribution in [0.5, 0.6) is 11.5 Å². The topological polar surface area (TPSA) is 79.1 Å². The van der Waals surface area contributed by atoms with Gasteiger partial charge in [-0.25, -0.2) is 9.79 Å². The second-order valence-electron chi connectivity index (χ2n) is 10.1. The van der Waals surface area contributed by atoms with Gasteiger partial charge in [0.25, 0.3) is 5.56 Å². The van der Waals surface area contributed by atoms with E-state index in [1.807, 2.05) is 97.9 Å². The van der Waals surface area contributed by atoms with Crippen molar-refractivity contribution < 1.29 is 19.0 Å². The molecule has 1 aliphatic rings. The van der Waals surface area contributed by atoms with Gasteiger partial charge in [-0.15, -0.1) is 0 Å². The highest BCUT2D eigenvalue weighted by Gasteiger charge is 2.37. The highest BCUT2D eigenvalue weighted by molar-refractivity contribution is 7.07. The quantitative estimate of drug-likeness (QED) is 0.237. The molecule has 0 saturated carbocycles.